The van der Waals surface area contributed by atoms with E-state index in [2.05, 4.69) is 10.0 Å². The molecular formula is C18H22N2O4S. The molecule has 0 spiro atoms. The van der Waals surface area contributed by atoms with Crippen LogP contribution in [0, 0.1) is 6.92 Å². The van der Waals surface area contributed by atoms with Gasteiger partial charge in [0.2, 0.25) is 10.0 Å². The topological polar surface area (TPSA) is 84.5 Å². The van der Waals surface area contributed by atoms with Crippen LogP contribution in [0.5, 0.6) is 5.75 Å². The van der Waals surface area contributed by atoms with Crippen molar-refractivity contribution in [3.05, 3.63) is 53.6 Å². The molecule has 25 heavy (non-hydrogen) atoms. The van der Waals surface area contributed by atoms with E-state index in [1.807, 2.05) is 19.1 Å². The largest absolute Gasteiger partial charge is 0.492 e. The number of aryl methyl sites for hydroxylation is 1. The van der Waals surface area contributed by atoms with E-state index in [1.165, 1.54) is 12.1 Å². The van der Waals surface area contributed by atoms with Gasteiger partial charge < -0.3 is 10.1 Å². The second kappa shape index (κ2) is 8.13. The molecule has 0 unspecified atom stereocenters. The highest BCUT2D eigenvalue weighted by Gasteiger charge is 2.21. The third-order valence-electron chi connectivity index (χ3n) is 3.44. The molecule has 2 N–H and O–H groups in total. The van der Waals surface area contributed by atoms with Crippen molar-refractivity contribution in [2.45, 2.75) is 25.7 Å². The van der Waals surface area contributed by atoms with Crippen molar-refractivity contribution >= 4 is 21.6 Å². The lowest BCUT2D eigenvalue weighted by Gasteiger charge is -2.13. The third-order valence-corrected chi connectivity index (χ3v) is 5.01. The maximum absolute atomic E-state index is 12.4. The van der Waals surface area contributed by atoms with Crippen LogP contribution in [0.15, 0.2) is 47.4 Å². The van der Waals surface area contributed by atoms with Crippen LogP contribution in [-0.4, -0.2) is 27.5 Å². The minimum absolute atomic E-state index is 0.0484. The monoisotopic (exact) mass is 362 g/mol. The van der Waals surface area contributed by atoms with Crippen molar-refractivity contribution in [1.29, 1.82) is 0 Å². The van der Waals surface area contributed by atoms with Crippen LogP contribution in [0.2, 0.25) is 0 Å². The van der Waals surface area contributed by atoms with Crippen molar-refractivity contribution in [2.75, 3.05) is 18.5 Å². The van der Waals surface area contributed by atoms with Crippen LogP contribution < -0.4 is 14.8 Å². The molecular weight excluding hydrogens is 340 g/mol. The van der Waals surface area contributed by atoms with Gasteiger partial charge in [-0.1, -0.05) is 24.6 Å². The summed E-state index contributed by atoms with van der Waals surface area (Å²) in [4.78, 5) is 12.4. The van der Waals surface area contributed by atoms with Gasteiger partial charge in [0.25, 0.3) is 5.91 Å². The average molecular weight is 362 g/mol. The molecule has 7 heteroatoms. The standard InChI is InChI=1S/C18H22N2O4S/c1-4-19-25(22,23)17-12-14(8-11-16(17)24-5-2)18(21)20-15-9-6-13(3)7-10-15/h6-12,19H,4-5H2,1-3H3,(H,20,21). The molecule has 0 bridgehead atoms. The van der Waals surface area contributed by atoms with Crippen molar-refractivity contribution < 1.29 is 17.9 Å². The molecule has 0 aliphatic carbocycles. The summed E-state index contributed by atoms with van der Waals surface area (Å²) in [7, 11) is -3.75. The summed E-state index contributed by atoms with van der Waals surface area (Å²) in [5.74, 6) is -0.171. The molecule has 1 amide bonds. The van der Waals surface area contributed by atoms with Gasteiger partial charge >= 0.3 is 0 Å². The summed E-state index contributed by atoms with van der Waals surface area (Å²) in [6, 6.07) is 11.7. The number of amides is 1. The molecule has 2 aromatic carbocycles. The molecule has 0 radical (unpaired) electrons. The first-order valence-electron chi connectivity index (χ1n) is 8.02. The van der Waals surface area contributed by atoms with Crippen molar-refractivity contribution in [1.82, 2.24) is 4.72 Å². The van der Waals surface area contributed by atoms with Crippen molar-refractivity contribution in [3.8, 4) is 5.75 Å². The number of sulfonamides is 1. The fourth-order valence-corrected chi connectivity index (χ4v) is 3.45. The average Bonchev–Trinajstić information content (AvgIpc) is 2.57. The van der Waals surface area contributed by atoms with Crippen LogP contribution in [-0.2, 0) is 10.0 Å². The molecule has 0 saturated heterocycles. The van der Waals surface area contributed by atoms with Crippen LogP contribution in [0.3, 0.4) is 0 Å². The molecule has 0 atom stereocenters. The Kier molecular flexibility index (Phi) is 6.17. The Morgan fingerprint density at radius 1 is 1.08 bits per heavy atom. The number of hydrogen-bond acceptors (Lipinski definition) is 4. The summed E-state index contributed by atoms with van der Waals surface area (Å²) in [6.45, 7) is 5.97. The second-order valence-corrected chi connectivity index (χ2v) is 7.15. The zero-order chi connectivity index (χ0) is 18.4. The molecule has 0 heterocycles. The van der Waals surface area contributed by atoms with Crippen molar-refractivity contribution in [2.24, 2.45) is 0 Å². The highest BCUT2D eigenvalue weighted by Crippen LogP contribution is 2.25. The van der Waals surface area contributed by atoms with E-state index in [9.17, 15) is 13.2 Å². The number of ether oxygens (including phenoxy) is 1. The van der Waals surface area contributed by atoms with E-state index in [0.717, 1.165) is 5.56 Å². The Morgan fingerprint density at radius 2 is 1.76 bits per heavy atom. The quantitative estimate of drug-likeness (QED) is 0.793. The van der Waals surface area contributed by atoms with Crippen molar-refractivity contribution in [3.63, 3.8) is 0 Å². The van der Waals surface area contributed by atoms with Crippen LogP contribution >= 0.6 is 0 Å². The second-order valence-electron chi connectivity index (χ2n) is 5.42. The van der Waals surface area contributed by atoms with Gasteiger partial charge in [0.05, 0.1) is 6.61 Å². The predicted molar refractivity (Wildman–Crippen MR) is 97.6 cm³/mol. The molecule has 2 rings (SSSR count). The highest BCUT2D eigenvalue weighted by molar-refractivity contribution is 7.89. The van der Waals surface area contributed by atoms with Gasteiger partial charge in [-0.25, -0.2) is 13.1 Å². The van der Waals surface area contributed by atoms with Gasteiger partial charge in [0.1, 0.15) is 10.6 Å². The Morgan fingerprint density at radius 3 is 2.36 bits per heavy atom. The molecule has 0 aliphatic heterocycles. The third kappa shape index (κ3) is 4.80. The Balaban J connectivity index is 2.35. The summed E-state index contributed by atoms with van der Waals surface area (Å²) in [5.41, 5.74) is 1.96. The maximum Gasteiger partial charge on any atom is 0.255 e. The lowest BCUT2D eigenvalue weighted by molar-refractivity contribution is 0.102. The zero-order valence-corrected chi connectivity index (χ0v) is 15.3. The number of hydrogen-bond donors (Lipinski definition) is 2. The van der Waals surface area contributed by atoms with Gasteiger partial charge in [-0.05, 0) is 44.2 Å². The Hall–Kier alpha value is -2.38. The summed E-state index contributed by atoms with van der Waals surface area (Å²) in [5, 5.41) is 2.75. The molecule has 0 aromatic heterocycles. The van der Waals surface area contributed by atoms with Gasteiger partial charge in [0, 0.05) is 17.8 Å². The first-order valence-corrected chi connectivity index (χ1v) is 9.50. The highest BCUT2D eigenvalue weighted by atomic mass is 32.2. The van der Waals surface area contributed by atoms with Gasteiger partial charge in [0.15, 0.2) is 0 Å². The molecule has 0 saturated carbocycles. The molecule has 6 nitrogen and oxygen atoms in total. The molecule has 0 fully saturated rings. The van der Waals surface area contributed by atoms with E-state index in [4.69, 9.17) is 4.74 Å². The normalized spacial score (nSPS) is 11.2. The fraction of sp³-hybridized carbons (Fsp3) is 0.278. The van der Waals surface area contributed by atoms with E-state index >= 15 is 0 Å². The van der Waals surface area contributed by atoms with Crippen LogP contribution in [0.25, 0.3) is 0 Å². The lowest BCUT2D eigenvalue weighted by Crippen LogP contribution is -2.24. The Bertz CT molecular complexity index is 846. The first-order chi connectivity index (χ1) is 11.9. The lowest BCUT2D eigenvalue weighted by atomic mass is 10.2. The predicted octanol–water partition coefficient (Wildman–Crippen LogP) is 2.94. The van der Waals surface area contributed by atoms with Gasteiger partial charge in [-0.2, -0.15) is 0 Å². The fourth-order valence-electron chi connectivity index (χ4n) is 2.24. The summed E-state index contributed by atoms with van der Waals surface area (Å²) in [6.07, 6.45) is 0. The van der Waals surface area contributed by atoms with E-state index in [0.29, 0.717) is 12.3 Å². The number of anilines is 1. The van der Waals surface area contributed by atoms with Gasteiger partial charge in [-0.3, -0.25) is 4.79 Å². The van der Waals surface area contributed by atoms with Crippen LogP contribution in [0.1, 0.15) is 29.8 Å². The maximum atomic E-state index is 12.4. The number of carbonyl (C=O) groups is 1. The minimum Gasteiger partial charge on any atom is -0.492 e. The minimum atomic E-state index is -3.75. The number of rotatable bonds is 7. The summed E-state index contributed by atoms with van der Waals surface area (Å²) < 4.78 is 32.6. The Labute approximate surface area is 148 Å². The molecule has 0 aliphatic rings. The first kappa shape index (κ1) is 19.0. The molecule has 2 aromatic rings. The number of nitrogens with one attached hydrogen (secondary N) is 2. The van der Waals surface area contributed by atoms with E-state index in [1.54, 1.807) is 32.0 Å². The smallest absolute Gasteiger partial charge is 0.255 e. The van der Waals surface area contributed by atoms with Gasteiger partial charge in [-0.15, -0.1) is 0 Å². The zero-order valence-electron chi connectivity index (χ0n) is 14.5. The summed E-state index contributed by atoms with van der Waals surface area (Å²) >= 11 is 0. The SMILES string of the molecule is CCNS(=O)(=O)c1cc(C(=O)Nc2ccc(C)cc2)ccc1OCC. The number of benzene rings is 2. The van der Waals surface area contributed by atoms with Crippen LogP contribution in [0.4, 0.5) is 5.69 Å². The number of carbonyl (C=O) groups excluding carboxylic acids is 1. The van der Waals surface area contributed by atoms with E-state index in [-0.39, 0.29) is 28.7 Å². The molecule has 134 valence electrons. The van der Waals surface area contributed by atoms with E-state index < -0.39 is 10.0 Å².